The number of thiophene rings is 2. The number of halogens is 3. The van der Waals surface area contributed by atoms with E-state index in [9.17, 15) is 33.8 Å². The largest absolute Gasteiger partial charge is 0.506 e. The van der Waals surface area contributed by atoms with E-state index in [0.717, 1.165) is 0 Å². The topological polar surface area (TPSA) is 159 Å². The molecule has 0 aliphatic heterocycles. The fraction of sp³-hybridized carbons (Fsp3) is 0.125. The van der Waals surface area contributed by atoms with Gasteiger partial charge >= 0.3 is 11.9 Å². The first-order chi connectivity index (χ1) is 22.2. The smallest absolute Gasteiger partial charge is 0.307 e. The number of fused-ring (bicyclic) bond motifs is 2. The van der Waals surface area contributed by atoms with Gasteiger partial charge in [0.05, 0.1) is 43.7 Å². The summed E-state index contributed by atoms with van der Waals surface area (Å²) in [5.41, 5.74) is 2.51. The first kappa shape index (κ1) is 33.7. The molecule has 0 radical (unpaired) electrons. The maximum Gasteiger partial charge on any atom is 0.307 e. The molecule has 47 heavy (non-hydrogen) atoms. The van der Waals surface area contributed by atoms with Gasteiger partial charge in [-0.15, -0.1) is 22.7 Å². The minimum atomic E-state index is -1.09. The van der Waals surface area contributed by atoms with Gasteiger partial charge in [-0.25, -0.2) is 0 Å². The summed E-state index contributed by atoms with van der Waals surface area (Å²) in [6.07, 6.45) is -0.638. The highest BCUT2D eigenvalue weighted by Crippen LogP contribution is 2.39. The zero-order valence-electron chi connectivity index (χ0n) is 24.4. The predicted octanol–water partition coefficient (Wildman–Crippen LogP) is 7.51. The Balaban J connectivity index is 0.000000185. The van der Waals surface area contributed by atoms with Crippen molar-refractivity contribution in [3.05, 3.63) is 101 Å². The minimum absolute atomic E-state index is 0.0178. The second-order valence-electron chi connectivity index (χ2n) is 10.2. The summed E-state index contributed by atoms with van der Waals surface area (Å²) >= 11 is 14.3. The van der Waals surface area contributed by atoms with Crippen LogP contribution in [0.1, 0.15) is 41.9 Å². The summed E-state index contributed by atoms with van der Waals surface area (Å²) in [6.45, 7) is 3.27. The maximum atomic E-state index is 13.2. The molecule has 0 amide bonds. The zero-order valence-corrected chi connectivity index (χ0v) is 27.5. The highest BCUT2D eigenvalue weighted by Gasteiger charge is 2.26. The van der Waals surface area contributed by atoms with Crippen LogP contribution in [0.5, 0.6) is 11.5 Å². The number of phenolic OH excluding ortho intramolecular Hbond substituents is 2. The molecule has 2 aromatic carbocycles. The third kappa shape index (κ3) is 6.22. The van der Waals surface area contributed by atoms with Crippen LogP contribution in [0, 0.1) is 19.0 Å². The third-order valence-electron chi connectivity index (χ3n) is 7.41. The molecule has 4 heterocycles. The van der Waals surface area contributed by atoms with Crippen LogP contribution in [0.2, 0.25) is 10.0 Å². The van der Waals surface area contributed by atoms with Crippen molar-refractivity contribution < 1.29 is 44.0 Å². The van der Waals surface area contributed by atoms with E-state index in [1.807, 2.05) is 0 Å². The Hall–Kier alpha value is -4.69. The quantitative estimate of drug-likeness (QED) is 0.138. The zero-order chi connectivity index (χ0) is 34.3. The molecule has 0 spiro atoms. The van der Waals surface area contributed by atoms with Crippen LogP contribution in [0.25, 0.3) is 21.8 Å². The van der Waals surface area contributed by atoms with Gasteiger partial charge in [0.15, 0.2) is 5.13 Å². The van der Waals surface area contributed by atoms with Crippen LogP contribution in [0.15, 0.2) is 53.9 Å². The average Bonchev–Trinajstić information content (AvgIpc) is 3.80. The molecule has 6 aromatic rings. The molecule has 0 fully saturated rings. The van der Waals surface area contributed by atoms with Crippen molar-refractivity contribution in [2.45, 2.75) is 26.7 Å². The molecule has 242 valence electrons. The minimum Gasteiger partial charge on any atom is -0.506 e. The van der Waals surface area contributed by atoms with Gasteiger partial charge in [-0.3, -0.25) is 28.3 Å². The fourth-order valence-electron chi connectivity index (χ4n) is 5.36. The van der Waals surface area contributed by atoms with Crippen molar-refractivity contribution >= 4 is 91.4 Å². The number of benzene rings is 2. The molecular formula is C32H23Cl2FN2O8S2. The summed E-state index contributed by atoms with van der Waals surface area (Å²) in [5, 5.41) is 40.0. The number of phenols is 2. The van der Waals surface area contributed by atoms with Crippen LogP contribution in [-0.4, -0.2) is 53.3 Å². The molecule has 0 saturated heterocycles. The number of carboxylic acid groups (broad SMARTS) is 2. The molecule has 0 aliphatic carbocycles. The van der Waals surface area contributed by atoms with Gasteiger partial charge in [-0.1, -0.05) is 29.3 Å². The fourth-order valence-corrected chi connectivity index (χ4v) is 7.22. The van der Waals surface area contributed by atoms with Crippen molar-refractivity contribution in [3.63, 3.8) is 0 Å². The van der Waals surface area contributed by atoms with Crippen LogP contribution >= 0.6 is 45.9 Å². The predicted molar refractivity (Wildman–Crippen MR) is 177 cm³/mol. The molecule has 0 bridgehead atoms. The number of rotatable bonds is 6. The summed E-state index contributed by atoms with van der Waals surface area (Å²) in [7, 11) is 0. The monoisotopic (exact) mass is 716 g/mol. The Morgan fingerprint density at radius 2 is 1.19 bits per heavy atom. The lowest BCUT2D eigenvalue weighted by Crippen LogP contribution is -2.12. The Morgan fingerprint density at radius 1 is 0.723 bits per heavy atom. The second-order valence-corrected chi connectivity index (χ2v) is 13.0. The van der Waals surface area contributed by atoms with Crippen LogP contribution in [-0.2, 0) is 22.4 Å². The van der Waals surface area contributed by atoms with Gasteiger partial charge < -0.3 is 20.4 Å². The Labute approximate surface area is 283 Å². The first-order valence-electron chi connectivity index (χ1n) is 13.6. The number of nitrogens with zero attached hydrogens (tertiary/aromatic N) is 2. The average molecular weight is 718 g/mol. The molecule has 0 unspecified atom stereocenters. The van der Waals surface area contributed by atoms with Crippen LogP contribution in [0.3, 0.4) is 0 Å². The number of hydrogen-bond donors (Lipinski definition) is 4. The summed E-state index contributed by atoms with van der Waals surface area (Å²) < 4.78 is 16.0. The van der Waals surface area contributed by atoms with E-state index in [1.54, 1.807) is 37.4 Å². The highest BCUT2D eigenvalue weighted by molar-refractivity contribution is 7.12. The van der Waals surface area contributed by atoms with Crippen molar-refractivity contribution in [3.8, 4) is 11.5 Å². The van der Waals surface area contributed by atoms with Gasteiger partial charge in [0.2, 0.25) is 0 Å². The molecule has 15 heteroatoms. The van der Waals surface area contributed by atoms with Gasteiger partial charge in [-0.05, 0) is 72.8 Å². The van der Waals surface area contributed by atoms with Crippen molar-refractivity contribution in [1.82, 2.24) is 9.13 Å². The molecule has 6 rings (SSSR count). The van der Waals surface area contributed by atoms with Crippen LogP contribution < -0.4 is 0 Å². The molecule has 10 nitrogen and oxygen atoms in total. The Kier molecular flexibility index (Phi) is 9.46. The summed E-state index contributed by atoms with van der Waals surface area (Å²) in [6, 6.07) is 11.8. The Morgan fingerprint density at radius 3 is 1.57 bits per heavy atom. The molecule has 4 N–H and O–H groups in total. The van der Waals surface area contributed by atoms with Gasteiger partial charge in [0.1, 0.15) is 11.5 Å². The van der Waals surface area contributed by atoms with E-state index in [-0.39, 0.29) is 45.2 Å². The highest BCUT2D eigenvalue weighted by atomic mass is 35.5. The number of carbonyl (C=O) groups excluding carboxylic acids is 2. The lowest BCUT2D eigenvalue weighted by Gasteiger charge is -2.05. The van der Waals surface area contributed by atoms with Crippen molar-refractivity contribution in [2.75, 3.05) is 0 Å². The Bertz CT molecular complexity index is 2230. The third-order valence-corrected chi connectivity index (χ3v) is 9.89. The van der Waals surface area contributed by atoms with E-state index in [1.165, 1.54) is 50.8 Å². The summed E-state index contributed by atoms with van der Waals surface area (Å²) in [5.74, 6) is -3.21. The van der Waals surface area contributed by atoms with E-state index in [2.05, 4.69) is 0 Å². The maximum absolute atomic E-state index is 13.2. The number of hydrogen-bond acceptors (Lipinski definition) is 8. The number of aromatic nitrogens is 2. The number of aliphatic carboxylic acids is 2. The molecule has 4 aromatic heterocycles. The van der Waals surface area contributed by atoms with Crippen LogP contribution in [0.4, 0.5) is 4.39 Å². The van der Waals surface area contributed by atoms with Gasteiger partial charge in [0.25, 0.3) is 11.8 Å². The van der Waals surface area contributed by atoms with E-state index < -0.39 is 23.0 Å². The van der Waals surface area contributed by atoms with E-state index >= 15 is 0 Å². The first-order valence-corrected chi connectivity index (χ1v) is 16.0. The molecular weight excluding hydrogens is 694 g/mol. The number of aromatic hydroxyl groups is 2. The van der Waals surface area contributed by atoms with Gasteiger partial charge in [-0.2, -0.15) is 4.39 Å². The summed E-state index contributed by atoms with van der Waals surface area (Å²) in [4.78, 5) is 48.6. The number of carbonyl (C=O) groups is 4. The number of carboxylic acids is 2. The standard InChI is InChI=1S/C16H11ClFNO4S.C16H12ClNO4S/c1-7-8(6-13(21)22)14-9(2-3-10(20)15(14)17)19(7)16(23)11-4-5-12(18)24-11;1-8-9(7-13(20)21)14-10(4-5-11(19)15(14)17)18(8)16(22)12-3-2-6-23-12/h2-5,20H,6H2,1H3,(H,21,22);2-6,19H,7H2,1H3,(H,20,21). The normalized spacial score (nSPS) is 11.1. The van der Waals surface area contributed by atoms with E-state index in [0.29, 0.717) is 60.5 Å². The second kappa shape index (κ2) is 13.2. The van der Waals surface area contributed by atoms with Gasteiger partial charge in [0, 0.05) is 22.2 Å². The SMILES string of the molecule is Cc1c(CC(=O)O)c2c(Cl)c(O)ccc2n1C(=O)c1ccc(F)s1.Cc1c(CC(=O)O)c2c(Cl)c(O)ccc2n1C(=O)c1cccs1. The van der Waals surface area contributed by atoms with E-state index in [4.69, 9.17) is 33.4 Å². The molecule has 0 atom stereocenters. The molecule has 0 aliphatic rings. The lowest BCUT2D eigenvalue weighted by molar-refractivity contribution is -0.137. The molecule has 0 saturated carbocycles. The lowest BCUT2D eigenvalue weighted by atomic mass is 10.1. The van der Waals surface area contributed by atoms with Crippen molar-refractivity contribution in [2.24, 2.45) is 0 Å². The van der Waals surface area contributed by atoms with Crippen molar-refractivity contribution in [1.29, 1.82) is 0 Å².